The average Bonchev–Trinajstić information content (AvgIpc) is 2.04. The molecule has 11 heavy (non-hydrogen) atoms. The molecule has 0 aromatic heterocycles. The molecule has 0 bridgehead atoms. The maximum atomic E-state index is 8.73. The van der Waals surface area contributed by atoms with E-state index in [0.717, 1.165) is 5.56 Å². The van der Waals surface area contributed by atoms with Gasteiger partial charge in [-0.15, -0.1) is 0 Å². The fourth-order valence-corrected chi connectivity index (χ4v) is 0.947. The van der Waals surface area contributed by atoms with Gasteiger partial charge in [0.25, 0.3) is 0 Å². The molecule has 1 aromatic carbocycles. The van der Waals surface area contributed by atoms with E-state index in [-0.39, 0.29) is 12.6 Å². The summed E-state index contributed by atoms with van der Waals surface area (Å²) in [6, 6.07) is 6.90. The third-order valence-corrected chi connectivity index (χ3v) is 1.59. The molecule has 0 saturated carbocycles. The van der Waals surface area contributed by atoms with Gasteiger partial charge >= 0.3 is 0 Å². The van der Waals surface area contributed by atoms with Gasteiger partial charge in [-0.2, -0.15) is 0 Å². The van der Waals surface area contributed by atoms with Gasteiger partial charge in [0.05, 0.1) is 12.6 Å². The first-order chi connectivity index (χ1) is 5.25. The minimum atomic E-state index is -0.365. The Morgan fingerprint density at radius 1 is 1.36 bits per heavy atom. The van der Waals surface area contributed by atoms with E-state index in [4.69, 9.17) is 16.6 Å². The predicted octanol–water partition coefficient (Wildman–Crippen LogP) is 0.261. The fourth-order valence-electron chi connectivity index (χ4n) is 0.947. The van der Waals surface area contributed by atoms with Crippen molar-refractivity contribution in [3.63, 3.8) is 0 Å². The Bertz CT molecular complexity index is 237. The number of hydrogen-bond donors (Lipinski definition) is 3. The Kier molecular flexibility index (Phi) is 2.46. The molecule has 1 aromatic rings. The normalized spacial score (nSPS) is 12.9. The van der Waals surface area contributed by atoms with Gasteiger partial charge in [0, 0.05) is 5.69 Å². The zero-order chi connectivity index (χ0) is 8.27. The highest BCUT2D eigenvalue weighted by molar-refractivity contribution is 5.47. The lowest BCUT2D eigenvalue weighted by atomic mass is 10.1. The lowest BCUT2D eigenvalue weighted by Gasteiger charge is -2.10. The zero-order valence-corrected chi connectivity index (χ0v) is 6.20. The van der Waals surface area contributed by atoms with E-state index in [0.29, 0.717) is 5.69 Å². The lowest BCUT2D eigenvalue weighted by molar-refractivity contribution is 0.268. The first kappa shape index (κ1) is 8.04. The molecule has 0 heterocycles. The van der Waals surface area contributed by atoms with E-state index >= 15 is 0 Å². The van der Waals surface area contributed by atoms with Crippen LogP contribution in [0, 0.1) is 0 Å². The highest BCUT2D eigenvalue weighted by Crippen LogP contribution is 2.16. The molecule has 3 heteroatoms. The van der Waals surface area contributed by atoms with Crippen LogP contribution in [0.4, 0.5) is 5.69 Å². The molecule has 1 atom stereocenters. The van der Waals surface area contributed by atoms with Crippen molar-refractivity contribution in [3.05, 3.63) is 29.8 Å². The summed E-state index contributed by atoms with van der Waals surface area (Å²) in [6.07, 6.45) is 0. The van der Waals surface area contributed by atoms with Crippen molar-refractivity contribution in [2.75, 3.05) is 12.3 Å². The van der Waals surface area contributed by atoms with Crippen LogP contribution >= 0.6 is 0 Å². The SMILES string of the molecule is Nc1ccccc1[C@H](N)CO. The van der Waals surface area contributed by atoms with E-state index in [1.807, 2.05) is 18.2 Å². The first-order valence-electron chi connectivity index (χ1n) is 3.46. The monoisotopic (exact) mass is 152 g/mol. The Hall–Kier alpha value is -1.06. The second-order valence-electron chi connectivity index (χ2n) is 2.42. The number of aliphatic hydroxyl groups is 1. The standard InChI is InChI=1S/C8H12N2O/c9-7-4-2-1-3-6(7)8(10)5-11/h1-4,8,11H,5,9-10H2/t8-/m1/s1. The van der Waals surface area contributed by atoms with Crippen molar-refractivity contribution in [2.45, 2.75) is 6.04 Å². The van der Waals surface area contributed by atoms with Crippen molar-refractivity contribution >= 4 is 5.69 Å². The number of nitrogen functional groups attached to an aromatic ring is 1. The summed E-state index contributed by atoms with van der Waals surface area (Å²) in [6.45, 7) is -0.0752. The third kappa shape index (κ3) is 1.69. The Morgan fingerprint density at radius 3 is 2.55 bits per heavy atom. The topological polar surface area (TPSA) is 72.3 Å². The number of benzene rings is 1. The summed E-state index contributed by atoms with van der Waals surface area (Å²) in [7, 11) is 0. The molecule has 0 saturated heterocycles. The van der Waals surface area contributed by atoms with E-state index in [2.05, 4.69) is 0 Å². The number of aliphatic hydroxyl groups excluding tert-OH is 1. The minimum absolute atomic E-state index is 0.0752. The van der Waals surface area contributed by atoms with Crippen LogP contribution in [0.1, 0.15) is 11.6 Å². The van der Waals surface area contributed by atoms with Gasteiger partial charge in [-0.3, -0.25) is 0 Å². The summed E-state index contributed by atoms with van der Waals surface area (Å²) >= 11 is 0. The Morgan fingerprint density at radius 2 is 2.00 bits per heavy atom. The smallest absolute Gasteiger partial charge is 0.0625 e. The van der Waals surface area contributed by atoms with Crippen LogP contribution in [-0.4, -0.2) is 11.7 Å². The molecule has 5 N–H and O–H groups in total. The summed E-state index contributed by atoms with van der Waals surface area (Å²) in [5, 5.41) is 8.73. The van der Waals surface area contributed by atoms with Crippen molar-refractivity contribution < 1.29 is 5.11 Å². The van der Waals surface area contributed by atoms with E-state index in [9.17, 15) is 0 Å². The molecule has 0 spiro atoms. The third-order valence-electron chi connectivity index (χ3n) is 1.59. The van der Waals surface area contributed by atoms with Crippen LogP contribution in [0.25, 0.3) is 0 Å². The first-order valence-corrected chi connectivity index (χ1v) is 3.46. The largest absolute Gasteiger partial charge is 0.398 e. The summed E-state index contributed by atoms with van der Waals surface area (Å²) in [4.78, 5) is 0. The minimum Gasteiger partial charge on any atom is -0.398 e. The Balaban J connectivity index is 2.93. The van der Waals surface area contributed by atoms with Crippen LogP contribution in [0.15, 0.2) is 24.3 Å². The van der Waals surface area contributed by atoms with Gasteiger partial charge < -0.3 is 16.6 Å². The summed E-state index contributed by atoms with van der Waals surface area (Å²) < 4.78 is 0. The van der Waals surface area contributed by atoms with Gasteiger partial charge in [-0.05, 0) is 11.6 Å². The van der Waals surface area contributed by atoms with Crippen LogP contribution in [0.3, 0.4) is 0 Å². The quantitative estimate of drug-likeness (QED) is 0.532. The van der Waals surface area contributed by atoms with Crippen LogP contribution < -0.4 is 11.5 Å². The van der Waals surface area contributed by atoms with Crippen molar-refractivity contribution in [1.82, 2.24) is 0 Å². The summed E-state index contributed by atoms with van der Waals surface area (Å²) in [5.41, 5.74) is 12.6. The molecule has 0 amide bonds. The van der Waals surface area contributed by atoms with Gasteiger partial charge in [0.2, 0.25) is 0 Å². The molecule has 0 fully saturated rings. The highest BCUT2D eigenvalue weighted by atomic mass is 16.3. The number of rotatable bonds is 2. The van der Waals surface area contributed by atoms with Gasteiger partial charge in [0.15, 0.2) is 0 Å². The lowest BCUT2D eigenvalue weighted by Crippen LogP contribution is -2.15. The van der Waals surface area contributed by atoms with E-state index in [1.165, 1.54) is 0 Å². The second-order valence-corrected chi connectivity index (χ2v) is 2.42. The molecule has 0 radical (unpaired) electrons. The predicted molar refractivity (Wildman–Crippen MR) is 44.9 cm³/mol. The summed E-state index contributed by atoms with van der Waals surface area (Å²) in [5.74, 6) is 0. The van der Waals surface area contributed by atoms with Crippen molar-refractivity contribution in [2.24, 2.45) is 5.73 Å². The Labute approximate surface area is 65.6 Å². The van der Waals surface area contributed by atoms with Gasteiger partial charge in [-0.25, -0.2) is 0 Å². The second kappa shape index (κ2) is 3.37. The maximum Gasteiger partial charge on any atom is 0.0625 e. The van der Waals surface area contributed by atoms with Crippen molar-refractivity contribution in [3.8, 4) is 0 Å². The highest BCUT2D eigenvalue weighted by Gasteiger charge is 2.05. The van der Waals surface area contributed by atoms with E-state index in [1.54, 1.807) is 6.07 Å². The van der Waals surface area contributed by atoms with Gasteiger partial charge in [-0.1, -0.05) is 18.2 Å². The van der Waals surface area contributed by atoms with Crippen molar-refractivity contribution in [1.29, 1.82) is 0 Å². The number of hydrogen-bond acceptors (Lipinski definition) is 3. The molecular formula is C8H12N2O. The number of nitrogens with two attached hydrogens (primary N) is 2. The van der Waals surface area contributed by atoms with Crippen LogP contribution in [-0.2, 0) is 0 Å². The molecule has 60 valence electrons. The molecule has 0 aliphatic carbocycles. The molecule has 0 unspecified atom stereocenters. The zero-order valence-electron chi connectivity index (χ0n) is 6.20. The number of anilines is 1. The van der Waals surface area contributed by atoms with Gasteiger partial charge in [0.1, 0.15) is 0 Å². The number of para-hydroxylation sites is 1. The molecule has 1 rings (SSSR count). The molecule has 0 aliphatic heterocycles. The molecule has 0 aliphatic rings. The average molecular weight is 152 g/mol. The fraction of sp³-hybridized carbons (Fsp3) is 0.250. The maximum absolute atomic E-state index is 8.73. The van der Waals surface area contributed by atoms with Crippen LogP contribution in [0.2, 0.25) is 0 Å². The van der Waals surface area contributed by atoms with E-state index < -0.39 is 0 Å². The van der Waals surface area contributed by atoms with Crippen LogP contribution in [0.5, 0.6) is 0 Å². The molecule has 3 nitrogen and oxygen atoms in total. The molecular weight excluding hydrogens is 140 g/mol.